The van der Waals surface area contributed by atoms with Crippen LogP contribution in [0.2, 0.25) is 0 Å². The van der Waals surface area contributed by atoms with Crippen LogP contribution in [0, 0.1) is 13.8 Å². The van der Waals surface area contributed by atoms with Crippen molar-refractivity contribution >= 4 is 18.3 Å². The summed E-state index contributed by atoms with van der Waals surface area (Å²) in [7, 11) is 1.67. The number of carbonyl (C=O) groups excluding carboxylic acids is 1. The number of hydrogen-bond donors (Lipinski definition) is 2. The van der Waals surface area contributed by atoms with Gasteiger partial charge in [0, 0.05) is 39.0 Å². The average Bonchev–Trinajstić information content (AvgIpc) is 2.69. The molecule has 0 saturated carbocycles. The Hall–Kier alpha value is -1.11. The minimum atomic E-state index is -0.0455. The molecular weight excluding hydrogens is 292 g/mol. The molecule has 1 amide bonds. The van der Waals surface area contributed by atoms with Gasteiger partial charge in [-0.25, -0.2) is 0 Å². The predicted molar refractivity (Wildman–Crippen MR) is 86.3 cm³/mol. The molecule has 0 atom stereocenters. The van der Waals surface area contributed by atoms with Crippen molar-refractivity contribution < 1.29 is 9.53 Å². The number of amides is 1. The maximum atomic E-state index is 12.2. The molecular formula is C14H27ClN4O2. The first-order chi connectivity index (χ1) is 9.61. The highest BCUT2D eigenvalue weighted by atomic mass is 35.5. The largest absolute Gasteiger partial charge is 0.383 e. The summed E-state index contributed by atoms with van der Waals surface area (Å²) in [6, 6.07) is 0. The summed E-state index contributed by atoms with van der Waals surface area (Å²) in [4.78, 5) is 12.2. The van der Waals surface area contributed by atoms with Crippen LogP contribution in [0.1, 0.15) is 35.1 Å². The smallest absolute Gasteiger partial charge is 0.255 e. The van der Waals surface area contributed by atoms with Gasteiger partial charge in [0.1, 0.15) is 0 Å². The van der Waals surface area contributed by atoms with Crippen molar-refractivity contribution in [2.45, 2.75) is 33.7 Å². The molecule has 0 spiro atoms. The molecule has 1 heterocycles. The van der Waals surface area contributed by atoms with Crippen LogP contribution >= 0.6 is 12.4 Å². The van der Waals surface area contributed by atoms with E-state index in [-0.39, 0.29) is 18.3 Å². The minimum Gasteiger partial charge on any atom is -0.383 e. The van der Waals surface area contributed by atoms with E-state index in [1.165, 1.54) is 0 Å². The van der Waals surface area contributed by atoms with Gasteiger partial charge in [-0.15, -0.1) is 12.4 Å². The second-order valence-corrected chi connectivity index (χ2v) is 4.77. The Labute approximate surface area is 133 Å². The van der Waals surface area contributed by atoms with Crippen molar-refractivity contribution in [3.8, 4) is 0 Å². The lowest BCUT2D eigenvalue weighted by atomic mass is 10.2. The number of nitrogens with zero attached hydrogens (tertiary/aromatic N) is 2. The Morgan fingerprint density at radius 3 is 2.62 bits per heavy atom. The normalized spacial score (nSPS) is 10.3. The van der Waals surface area contributed by atoms with Crippen LogP contribution in [0.4, 0.5) is 0 Å². The Bertz CT molecular complexity index is 435. The summed E-state index contributed by atoms with van der Waals surface area (Å²) in [6.45, 7) is 9.57. The summed E-state index contributed by atoms with van der Waals surface area (Å²) in [5, 5.41) is 10.5. The topological polar surface area (TPSA) is 68.2 Å². The number of ether oxygens (including phenoxy) is 1. The molecule has 7 heteroatoms. The minimum absolute atomic E-state index is 0. The number of rotatable bonds is 9. The summed E-state index contributed by atoms with van der Waals surface area (Å²) in [5.74, 6) is -0.0455. The molecule has 0 aliphatic heterocycles. The van der Waals surface area contributed by atoms with E-state index in [1.54, 1.807) is 7.11 Å². The summed E-state index contributed by atoms with van der Waals surface area (Å²) in [5.41, 5.74) is 2.44. The van der Waals surface area contributed by atoms with Crippen molar-refractivity contribution in [3.63, 3.8) is 0 Å². The molecule has 0 aliphatic carbocycles. The number of nitrogens with one attached hydrogen (secondary N) is 2. The standard InChI is InChI=1S/C14H26N4O2.ClH/c1-5-9-18-12(3)13(11(2)17-18)14(19)16-7-6-15-8-10-20-4;/h15H,5-10H2,1-4H3,(H,16,19);1H. The van der Waals surface area contributed by atoms with E-state index in [4.69, 9.17) is 4.74 Å². The first-order valence-electron chi connectivity index (χ1n) is 7.13. The van der Waals surface area contributed by atoms with E-state index in [0.717, 1.165) is 37.4 Å². The van der Waals surface area contributed by atoms with Gasteiger partial charge in [0.05, 0.1) is 17.9 Å². The molecule has 1 aromatic rings. The van der Waals surface area contributed by atoms with Crippen molar-refractivity contribution in [1.29, 1.82) is 0 Å². The zero-order valence-electron chi connectivity index (χ0n) is 13.4. The third-order valence-corrected chi connectivity index (χ3v) is 3.11. The van der Waals surface area contributed by atoms with Gasteiger partial charge in [-0.3, -0.25) is 9.48 Å². The van der Waals surface area contributed by atoms with E-state index < -0.39 is 0 Å². The zero-order valence-corrected chi connectivity index (χ0v) is 14.2. The Balaban J connectivity index is 0.00000400. The molecule has 0 aliphatic rings. The Morgan fingerprint density at radius 2 is 2.00 bits per heavy atom. The van der Waals surface area contributed by atoms with Crippen LogP contribution in [-0.2, 0) is 11.3 Å². The van der Waals surface area contributed by atoms with E-state index in [0.29, 0.717) is 18.7 Å². The average molecular weight is 319 g/mol. The number of aromatic nitrogens is 2. The zero-order chi connectivity index (χ0) is 15.0. The molecule has 0 radical (unpaired) electrons. The summed E-state index contributed by atoms with van der Waals surface area (Å²) >= 11 is 0. The van der Waals surface area contributed by atoms with Gasteiger partial charge in [-0.2, -0.15) is 5.10 Å². The van der Waals surface area contributed by atoms with Gasteiger partial charge < -0.3 is 15.4 Å². The van der Waals surface area contributed by atoms with Crippen LogP contribution in [0.3, 0.4) is 0 Å². The number of carbonyl (C=O) groups is 1. The fourth-order valence-electron chi connectivity index (χ4n) is 2.11. The second-order valence-electron chi connectivity index (χ2n) is 4.77. The molecule has 1 rings (SSSR count). The number of methoxy groups -OCH3 is 1. The van der Waals surface area contributed by atoms with Crippen molar-refractivity contribution in [2.75, 3.05) is 33.4 Å². The quantitative estimate of drug-likeness (QED) is 0.673. The second kappa shape index (κ2) is 10.6. The highest BCUT2D eigenvalue weighted by Crippen LogP contribution is 2.13. The number of halogens is 1. The molecule has 1 aromatic heterocycles. The van der Waals surface area contributed by atoms with E-state index in [9.17, 15) is 4.79 Å². The highest BCUT2D eigenvalue weighted by Gasteiger charge is 2.17. The monoisotopic (exact) mass is 318 g/mol. The van der Waals surface area contributed by atoms with Crippen molar-refractivity contribution in [2.24, 2.45) is 0 Å². The first-order valence-corrected chi connectivity index (χ1v) is 7.13. The van der Waals surface area contributed by atoms with Gasteiger partial charge in [-0.1, -0.05) is 6.92 Å². The molecule has 0 aromatic carbocycles. The molecule has 0 fully saturated rings. The molecule has 0 unspecified atom stereocenters. The SMILES string of the molecule is CCCn1nc(C)c(C(=O)NCCNCCOC)c1C.Cl. The highest BCUT2D eigenvalue weighted by molar-refractivity contribution is 5.96. The molecule has 122 valence electrons. The summed E-state index contributed by atoms with van der Waals surface area (Å²) in [6.07, 6.45) is 1.01. The van der Waals surface area contributed by atoms with Gasteiger partial charge in [0.2, 0.25) is 0 Å². The van der Waals surface area contributed by atoms with Gasteiger partial charge in [-0.05, 0) is 20.3 Å². The molecule has 21 heavy (non-hydrogen) atoms. The maximum absolute atomic E-state index is 12.2. The lowest BCUT2D eigenvalue weighted by molar-refractivity contribution is 0.0952. The van der Waals surface area contributed by atoms with E-state index in [2.05, 4.69) is 22.7 Å². The molecule has 6 nitrogen and oxygen atoms in total. The van der Waals surface area contributed by atoms with Crippen LogP contribution in [0.5, 0.6) is 0 Å². The Kier molecular flexibility index (Phi) is 10.0. The summed E-state index contributed by atoms with van der Waals surface area (Å²) < 4.78 is 6.84. The third-order valence-electron chi connectivity index (χ3n) is 3.11. The molecule has 0 bridgehead atoms. The Morgan fingerprint density at radius 1 is 1.29 bits per heavy atom. The fraction of sp³-hybridized carbons (Fsp3) is 0.714. The van der Waals surface area contributed by atoms with Gasteiger partial charge in [0.25, 0.3) is 5.91 Å². The molecule has 2 N–H and O–H groups in total. The van der Waals surface area contributed by atoms with Crippen molar-refractivity contribution in [3.05, 3.63) is 17.0 Å². The van der Waals surface area contributed by atoms with Crippen LogP contribution < -0.4 is 10.6 Å². The maximum Gasteiger partial charge on any atom is 0.255 e. The first kappa shape index (κ1) is 19.9. The van der Waals surface area contributed by atoms with Gasteiger partial charge in [0.15, 0.2) is 0 Å². The van der Waals surface area contributed by atoms with Crippen LogP contribution in [0.15, 0.2) is 0 Å². The number of aryl methyl sites for hydroxylation is 2. The lowest BCUT2D eigenvalue weighted by Crippen LogP contribution is -2.33. The van der Waals surface area contributed by atoms with E-state index >= 15 is 0 Å². The van der Waals surface area contributed by atoms with Crippen LogP contribution in [-0.4, -0.2) is 49.0 Å². The number of hydrogen-bond acceptors (Lipinski definition) is 4. The van der Waals surface area contributed by atoms with Crippen molar-refractivity contribution in [1.82, 2.24) is 20.4 Å². The third kappa shape index (κ3) is 6.03. The van der Waals surface area contributed by atoms with Crippen LogP contribution in [0.25, 0.3) is 0 Å². The lowest BCUT2D eigenvalue weighted by Gasteiger charge is -2.07. The van der Waals surface area contributed by atoms with Gasteiger partial charge >= 0.3 is 0 Å². The molecule has 0 saturated heterocycles. The fourth-order valence-corrected chi connectivity index (χ4v) is 2.11. The van der Waals surface area contributed by atoms with E-state index in [1.807, 2.05) is 18.5 Å². The predicted octanol–water partition coefficient (Wildman–Crippen LogP) is 1.30.